The fourth-order valence-electron chi connectivity index (χ4n) is 0.405. The summed E-state index contributed by atoms with van der Waals surface area (Å²) in [6, 6.07) is 0. The lowest BCUT2D eigenvalue weighted by Crippen LogP contribution is -1.56. The lowest BCUT2D eigenvalue weighted by molar-refractivity contribution is 1.28. The van der Waals surface area contributed by atoms with E-state index in [1.807, 2.05) is 11.8 Å². The summed E-state index contributed by atoms with van der Waals surface area (Å²) in [6.07, 6.45) is 3.36. The molecule has 6 heavy (non-hydrogen) atoms. The third kappa shape index (κ3) is 0.949. The first-order chi connectivity index (χ1) is 2.89. The van der Waals surface area contributed by atoms with Crippen molar-refractivity contribution in [2.45, 2.75) is 6.42 Å². The van der Waals surface area contributed by atoms with Gasteiger partial charge in [0.1, 0.15) is 0 Å². The highest BCUT2D eigenvalue weighted by Crippen LogP contribution is 2.26. The van der Waals surface area contributed by atoms with Crippen LogP contribution in [0.3, 0.4) is 0 Å². The minimum atomic E-state index is 1.19. The number of allylic oxidation sites excluding steroid dienone is 1. The first-order valence-electron chi connectivity index (χ1n) is 1.91. The van der Waals surface area contributed by atoms with E-state index in [4.69, 9.17) is 0 Å². The first-order valence-corrected chi connectivity index (χ1v) is 3.35. The van der Waals surface area contributed by atoms with E-state index < -0.39 is 0 Å². The third-order valence-corrected chi connectivity index (χ3v) is 2.16. The van der Waals surface area contributed by atoms with Crippen molar-refractivity contribution in [1.82, 2.24) is 0 Å². The number of rotatable bonds is 0. The zero-order valence-corrected chi connectivity index (χ0v) is 5.06. The molecule has 0 nitrogen and oxygen atoms in total. The maximum absolute atomic E-state index is 4.12. The molecular weight excluding hydrogens is 112 g/mol. The third-order valence-electron chi connectivity index (χ3n) is 0.687. The zero-order valence-electron chi connectivity index (χ0n) is 3.35. The van der Waals surface area contributed by atoms with Gasteiger partial charge in [0.05, 0.1) is 0 Å². The summed E-state index contributed by atoms with van der Waals surface area (Å²) in [5, 5.41) is 0. The molecule has 0 aromatic heterocycles. The molecule has 0 unspecified atom stereocenters. The smallest absolute Gasteiger partial charge is 0.0330 e. The second-order valence-corrected chi connectivity index (χ2v) is 3.10. The summed E-state index contributed by atoms with van der Waals surface area (Å²) in [5.41, 5.74) is 0. The first kappa shape index (κ1) is 4.60. The highest BCUT2D eigenvalue weighted by Gasteiger charge is 1.96. The van der Waals surface area contributed by atoms with Crippen LogP contribution in [-0.2, 0) is 0 Å². The van der Waals surface area contributed by atoms with Crippen LogP contribution in [0.4, 0.5) is 0 Å². The van der Waals surface area contributed by atoms with E-state index in [2.05, 4.69) is 18.7 Å². The van der Waals surface area contributed by atoms with E-state index in [1.54, 1.807) is 0 Å². The molecule has 0 saturated heterocycles. The topological polar surface area (TPSA) is 0 Å². The van der Waals surface area contributed by atoms with E-state index in [-0.39, 0.29) is 0 Å². The molecule has 34 valence electrons. The molecular formula is C4H6S2. The predicted octanol–water partition coefficient (Wildman–Crippen LogP) is 1.89. The second kappa shape index (κ2) is 1.94. The zero-order chi connectivity index (χ0) is 4.41. The maximum atomic E-state index is 4.12. The highest BCUT2D eigenvalue weighted by molar-refractivity contribution is 8.15. The fourth-order valence-corrected chi connectivity index (χ4v) is 1.49. The molecule has 1 heterocycles. The summed E-state index contributed by atoms with van der Waals surface area (Å²) < 4.78 is 1.19. The minimum Gasteiger partial charge on any atom is -0.137 e. The molecule has 0 amide bonds. The highest BCUT2D eigenvalue weighted by atomic mass is 32.2. The van der Waals surface area contributed by atoms with Gasteiger partial charge in [-0.05, 0) is 6.42 Å². The van der Waals surface area contributed by atoms with Gasteiger partial charge < -0.3 is 0 Å². The summed E-state index contributed by atoms with van der Waals surface area (Å²) in [4.78, 5) is 0. The van der Waals surface area contributed by atoms with Crippen molar-refractivity contribution in [1.29, 1.82) is 0 Å². The van der Waals surface area contributed by atoms with Gasteiger partial charge >= 0.3 is 0 Å². The van der Waals surface area contributed by atoms with Gasteiger partial charge in [-0.2, -0.15) is 0 Å². The Morgan fingerprint density at radius 3 is 2.83 bits per heavy atom. The molecule has 0 N–H and O–H groups in total. The van der Waals surface area contributed by atoms with Crippen LogP contribution in [0.25, 0.3) is 0 Å². The Morgan fingerprint density at radius 2 is 2.67 bits per heavy atom. The summed E-state index contributed by atoms with van der Waals surface area (Å²) in [7, 11) is 0. The van der Waals surface area contributed by atoms with Crippen molar-refractivity contribution in [3.05, 3.63) is 10.3 Å². The van der Waals surface area contributed by atoms with Crippen LogP contribution in [0, 0.1) is 0 Å². The molecule has 1 rings (SSSR count). The SMILES string of the molecule is SC1=CCCS1. The lowest BCUT2D eigenvalue weighted by Gasteiger charge is -1.79. The van der Waals surface area contributed by atoms with E-state index in [1.165, 1.54) is 16.4 Å². The largest absolute Gasteiger partial charge is 0.137 e. The minimum absolute atomic E-state index is 1.19. The maximum Gasteiger partial charge on any atom is 0.0330 e. The summed E-state index contributed by atoms with van der Waals surface area (Å²) in [5.74, 6) is 1.23. The monoisotopic (exact) mass is 118 g/mol. The number of thioether (sulfide) groups is 1. The van der Waals surface area contributed by atoms with Gasteiger partial charge in [-0.15, -0.1) is 24.4 Å². The predicted molar refractivity (Wildman–Crippen MR) is 34.1 cm³/mol. The molecule has 0 atom stereocenters. The van der Waals surface area contributed by atoms with Crippen LogP contribution in [0.2, 0.25) is 0 Å². The van der Waals surface area contributed by atoms with Crippen molar-refractivity contribution in [3.63, 3.8) is 0 Å². The molecule has 0 spiro atoms. The van der Waals surface area contributed by atoms with E-state index >= 15 is 0 Å². The van der Waals surface area contributed by atoms with Gasteiger partial charge in [-0.25, -0.2) is 0 Å². The van der Waals surface area contributed by atoms with Crippen molar-refractivity contribution in [2.24, 2.45) is 0 Å². The average Bonchev–Trinajstić information content (AvgIpc) is 1.86. The molecule has 1 aliphatic heterocycles. The Hall–Kier alpha value is 0.440. The standard InChI is InChI=1S/C4H6S2/c5-4-2-1-3-6-4/h2,5H,1,3H2. The fraction of sp³-hybridized carbons (Fsp3) is 0.500. The van der Waals surface area contributed by atoms with Gasteiger partial charge in [-0.1, -0.05) is 6.08 Å². The van der Waals surface area contributed by atoms with Crippen LogP contribution in [-0.4, -0.2) is 5.75 Å². The van der Waals surface area contributed by atoms with Crippen molar-refractivity contribution in [3.8, 4) is 0 Å². The summed E-state index contributed by atoms with van der Waals surface area (Å²) >= 11 is 5.94. The quantitative estimate of drug-likeness (QED) is 0.474. The van der Waals surface area contributed by atoms with Crippen molar-refractivity contribution < 1.29 is 0 Å². The molecule has 0 radical (unpaired) electrons. The van der Waals surface area contributed by atoms with Crippen LogP contribution < -0.4 is 0 Å². The Morgan fingerprint density at radius 1 is 1.83 bits per heavy atom. The average molecular weight is 118 g/mol. The number of thiol groups is 1. The van der Waals surface area contributed by atoms with Crippen LogP contribution in [0.5, 0.6) is 0 Å². The Balaban J connectivity index is 2.45. The Bertz CT molecular complexity index is 75.6. The van der Waals surface area contributed by atoms with Gasteiger partial charge in [0, 0.05) is 9.99 Å². The molecule has 0 aromatic carbocycles. The van der Waals surface area contributed by atoms with Crippen LogP contribution in [0.15, 0.2) is 10.3 Å². The Kier molecular flexibility index (Phi) is 1.48. The molecule has 1 aliphatic rings. The van der Waals surface area contributed by atoms with Crippen molar-refractivity contribution in [2.75, 3.05) is 5.75 Å². The van der Waals surface area contributed by atoms with E-state index in [0.717, 1.165) is 0 Å². The molecule has 0 saturated carbocycles. The lowest BCUT2D eigenvalue weighted by atomic mass is 10.5. The molecule has 0 fully saturated rings. The Labute approximate surface area is 47.4 Å². The molecule has 2 heteroatoms. The van der Waals surface area contributed by atoms with Gasteiger partial charge in [0.15, 0.2) is 0 Å². The van der Waals surface area contributed by atoms with Gasteiger partial charge in [-0.3, -0.25) is 0 Å². The van der Waals surface area contributed by atoms with Crippen LogP contribution >= 0.6 is 24.4 Å². The van der Waals surface area contributed by atoms with Gasteiger partial charge in [0.25, 0.3) is 0 Å². The molecule has 0 aliphatic carbocycles. The van der Waals surface area contributed by atoms with E-state index in [0.29, 0.717) is 0 Å². The number of hydrogen-bond acceptors (Lipinski definition) is 2. The second-order valence-electron chi connectivity index (χ2n) is 1.18. The molecule has 0 bridgehead atoms. The van der Waals surface area contributed by atoms with E-state index in [9.17, 15) is 0 Å². The normalized spacial score (nSPS) is 21.2. The molecule has 0 aromatic rings. The van der Waals surface area contributed by atoms with Crippen LogP contribution in [0.1, 0.15) is 6.42 Å². The van der Waals surface area contributed by atoms with Crippen molar-refractivity contribution >= 4 is 24.4 Å². The van der Waals surface area contributed by atoms with Gasteiger partial charge in [0.2, 0.25) is 0 Å². The summed E-state index contributed by atoms with van der Waals surface area (Å²) in [6.45, 7) is 0. The number of hydrogen-bond donors (Lipinski definition) is 1.